The van der Waals surface area contributed by atoms with Crippen LogP contribution in [0.3, 0.4) is 0 Å². The lowest BCUT2D eigenvalue weighted by molar-refractivity contribution is -0.127. The highest BCUT2D eigenvalue weighted by atomic mass is 35.5. The van der Waals surface area contributed by atoms with E-state index in [0.717, 1.165) is 0 Å². The summed E-state index contributed by atoms with van der Waals surface area (Å²) in [6, 6.07) is 9.54. The highest BCUT2D eigenvalue weighted by Gasteiger charge is 2.64. The Kier molecular flexibility index (Phi) is 3.95. The number of piperidine rings is 1. The zero-order valence-electron chi connectivity index (χ0n) is 14.6. The largest absolute Gasteiger partial charge is 0.356 e. The summed E-state index contributed by atoms with van der Waals surface area (Å²) in [6.45, 7) is 0.503. The van der Waals surface area contributed by atoms with E-state index in [0.29, 0.717) is 29.2 Å². The Morgan fingerprint density at radius 3 is 2.79 bits per heavy atom. The molecule has 5 nitrogen and oxygen atoms in total. The summed E-state index contributed by atoms with van der Waals surface area (Å²) >= 11 is 12.1. The summed E-state index contributed by atoms with van der Waals surface area (Å²) in [7, 11) is 0. The Morgan fingerprint density at radius 1 is 1.14 bits per heavy atom. The fourth-order valence-electron chi connectivity index (χ4n) is 4.97. The highest BCUT2D eigenvalue weighted by Crippen LogP contribution is 2.55. The predicted octanol–water partition coefficient (Wildman–Crippen LogP) is 3.17. The Balaban J connectivity index is 1.78. The molecule has 1 spiro atoms. The van der Waals surface area contributed by atoms with Crippen molar-refractivity contribution in [1.82, 2.24) is 10.6 Å². The molecule has 2 aromatic rings. The third-order valence-electron chi connectivity index (χ3n) is 6.06. The van der Waals surface area contributed by atoms with Gasteiger partial charge in [0, 0.05) is 34.8 Å². The van der Waals surface area contributed by atoms with Gasteiger partial charge in [-0.1, -0.05) is 41.4 Å². The van der Waals surface area contributed by atoms with Gasteiger partial charge in [-0.25, -0.2) is 4.39 Å². The van der Waals surface area contributed by atoms with E-state index in [9.17, 15) is 9.59 Å². The standard InChI is InChI=1S/C20H16Cl2FN3O2/c21-9-4-5-11-14(8-9)25-19(28)20(11)16(10-2-1-3-12(22)17(10)23)15-13(26-20)6-7-24-18(15)27/h1-5,8,13,15-16,26H,6-7H2,(H,24,27)(H,25,28)/t13-,15+,16?,20+/m0/s1. The smallest absolute Gasteiger partial charge is 0.250 e. The van der Waals surface area contributed by atoms with E-state index in [1.165, 1.54) is 6.07 Å². The van der Waals surface area contributed by atoms with Crippen molar-refractivity contribution in [3.63, 3.8) is 0 Å². The van der Waals surface area contributed by atoms with Crippen molar-refractivity contribution in [2.75, 3.05) is 11.9 Å². The molecule has 1 unspecified atom stereocenters. The van der Waals surface area contributed by atoms with Crippen LogP contribution in [0.4, 0.5) is 10.1 Å². The molecule has 0 radical (unpaired) electrons. The third-order valence-corrected chi connectivity index (χ3v) is 6.59. The minimum absolute atomic E-state index is 0.0398. The van der Waals surface area contributed by atoms with Crippen molar-refractivity contribution in [3.05, 3.63) is 63.4 Å². The van der Waals surface area contributed by atoms with Gasteiger partial charge in [0.25, 0.3) is 0 Å². The molecule has 3 aliphatic heterocycles. The van der Waals surface area contributed by atoms with E-state index in [-0.39, 0.29) is 28.4 Å². The van der Waals surface area contributed by atoms with Crippen LogP contribution in [0.1, 0.15) is 23.5 Å². The molecule has 3 N–H and O–H groups in total. The van der Waals surface area contributed by atoms with Crippen LogP contribution in [-0.2, 0) is 15.1 Å². The molecule has 2 amide bonds. The van der Waals surface area contributed by atoms with Gasteiger partial charge in [-0.3, -0.25) is 14.9 Å². The van der Waals surface area contributed by atoms with Crippen molar-refractivity contribution in [1.29, 1.82) is 0 Å². The molecule has 144 valence electrons. The number of halogens is 3. The molecule has 0 saturated carbocycles. The average Bonchev–Trinajstić information content (AvgIpc) is 3.14. The normalized spacial score (nSPS) is 30.8. The van der Waals surface area contributed by atoms with Crippen LogP contribution >= 0.6 is 23.2 Å². The summed E-state index contributed by atoms with van der Waals surface area (Å²) in [4.78, 5) is 26.1. The number of carbonyl (C=O) groups is 2. The van der Waals surface area contributed by atoms with E-state index < -0.39 is 23.2 Å². The monoisotopic (exact) mass is 419 g/mol. The van der Waals surface area contributed by atoms with Gasteiger partial charge in [-0.2, -0.15) is 0 Å². The van der Waals surface area contributed by atoms with E-state index in [1.807, 2.05) is 0 Å². The van der Waals surface area contributed by atoms with Gasteiger partial charge < -0.3 is 10.6 Å². The number of nitrogens with one attached hydrogen (secondary N) is 3. The average molecular weight is 420 g/mol. The second-order valence-electron chi connectivity index (χ2n) is 7.43. The van der Waals surface area contributed by atoms with E-state index in [4.69, 9.17) is 23.2 Å². The van der Waals surface area contributed by atoms with Crippen LogP contribution in [0, 0.1) is 11.7 Å². The van der Waals surface area contributed by atoms with Crippen molar-refractivity contribution in [2.45, 2.75) is 23.9 Å². The van der Waals surface area contributed by atoms with Crippen molar-refractivity contribution < 1.29 is 14.0 Å². The van der Waals surface area contributed by atoms with Gasteiger partial charge in [0.1, 0.15) is 11.4 Å². The van der Waals surface area contributed by atoms with Gasteiger partial charge in [-0.15, -0.1) is 0 Å². The maximum absolute atomic E-state index is 15.1. The molecule has 4 atom stereocenters. The summed E-state index contributed by atoms with van der Waals surface area (Å²) in [5.74, 6) is -2.48. The number of benzene rings is 2. The fraction of sp³-hybridized carbons (Fsp3) is 0.300. The summed E-state index contributed by atoms with van der Waals surface area (Å²) in [5, 5.41) is 9.55. The third kappa shape index (κ3) is 2.28. The van der Waals surface area contributed by atoms with Gasteiger partial charge in [0.2, 0.25) is 11.8 Å². The second-order valence-corrected chi connectivity index (χ2v) is 8.27. The first-order chi connectivity index (χ1) is 13.4. The quantitative estimate of drug-likeness (QED) is 0.664. The zero-order valence-corrected chi connectivity index (χ0v) is 16.1. The maximum atomic E-state index is 15.1. The molecule has 8 heteroatoms. The number of fused-ring (bicyclic) bond motifs is 3. The first kappa shape index (κ1) is 17.9. The second kappa shape index (κ2) is 6.17. The topological polar surface area (TPSA) is 70.2 Å². The van der Waals surface area contributed by atoms with Crippen LogP contribution in [0.5, 0.6) is 0 Å². The maximum Gasteiger partial charge on any atom is 0.250 e. The summed E-state index contributed by atoms with van der Waals surface area (Å²) in [5.41, 5.74) is 0.204. The van der Waals surface area contributed by atoms with Crippen LogP contribution in [-0.4, -0.2) is 24.4 Å². The Bertz CT molecular complexity index is 1030. The van der Waals surface area contributed by atoms with Crippen molar-refractivity contribution >= 4 is 40.7 Å². The van der Waals surface area contributed by atoms with Crippen LogP contribution in [0.15, 0.2) is 36.4 Å². The number of carbonyl (C=O) groups excluding carboxylic acids is 2. The number of hydrogen-bond acceptors (Lipinski definition) is 3. The molecule has 28 heavy (non-hydrogen) atoms. The first-order valence-electron chi connectivity index (χ1n) is 9.04. The SMILES string of the molecule is O=C1NCC[C@@H]2N[C@@]3(C(=O)Nc4cc(Cl)ccc43)C(c3cccc(Cl)c3F)[C@H]12. The van der Waals surface area contributed by atoms with Gasteiger partial charge in [0.05, 0.1) is 10.9 Å². The molecule has 3 aliphatic rings. The molecule has 2 fully saturated rings. The Morgan fingerprint density at radius 2 is 1.96 bits per heavy atom. The van der Waals surface area contributed by atoms with E-state index in [2.05, 4.69) is 16.0 Å². The first-order valence-corrected chi connectivity index (χ1v) is 9.80. The van der Waals surface area contributed by atoms with Gasteiger partial charge >= 0.3 is 0 Å². The van der Waals surface area contributed by atoms with Crippen LogP contribution in [0.25, 0.3) is 0 Å². The minimum Gasteiger partial charge on any atom is -0.356 e. The molecular weight excluding hydrogens is 404 g/mol. The Labute approximate surface area is 170 Å². The summed E-state index contributed by atoms with van der Waals surface area (Å²) < 4.78 is 15.1. The number of amides is 2. The van der Waals surface area contributed by atoms with Crippen LogP contribution in [0.2, 0.25) is 10.0 Å². The van der Waals surface area contributed by atoms with E-state index >= 15 is 4.39 Å². The molecular formula is C20H16Cl2FN3O2. The van der Waals surface area contributed by atoms with Crippen molar-refractivity contribution in [2.24, 2.45) is 5.92 Å². The molecule has 0 aliphatic carbocycles. The fourth-order valence-corrected chi connectivity index (χ4v) is 5.33. The molecule has 3 heterocycles. The molecule has 0 aromatic heterocycles. The molecule has 2 saturated heterocycles. The zero-order chi connectivity index (χ0) is 19.6. The lowest BCUT2D eigenvalue weighted by Crippen LogP contribution is -2.49. The highest BCUT2D eigenvalue weighted by molar-refractivity contribution is 6.31. The molecule has 0 bridgehead atoms. The lowest BCUT2D eigenvalue weighted by Gasteiger charge is -2.32. The molecule has 2 aromatic carbocycles. The molecule has 5 rings (SSSR count). The number of rotatable bonds is 1. The number of anilines is 1. The Hall–Kier alpha value is -2.15. The van der Waals surface area contributed by atoms with E-state index in [1.54, 1.807) is 30.3 Å². The number of hydrogen-bond donors (Lipinski definition) is 3. The predicted molar refractivity (Wildman–Crippen MR) is 104 cm³/mol. The lowest BCUT2D eigenvalue weighted by atomic mass is 9.70. The van der Waals surface area contributed by atoms with Crippen molar-refractivity contribution in [3.8, 4) is 0 Å². The van der Waals surface area contributed by atoms with Crippen LogP contribution < -0.4 is 16.0 Å². The van der Waals surface area contributed by atoms with Gasteiger partial charge in [0.15, 0.2) is 0 Å². The van der Waals surface area contributed by atoms with Gasteiger partial charge in [-0.05, 0) is 30.2 Å². The minimum atomic E-state index is -1.28. The summed E-state index contributed by atoms with van der Waals surface area (Å²) in [6.07, 6.45) is 0.646.